The highest BCUT2D eigenvalue weighted by atomic mass is 19.1. The lowest BCUT2D eigenvalue weighted by Crippen LogP contribution is -2.27. The average molecular weight is 259 g/mol. The number of aromatic hydroxyl groups is 1. The minimum Gasteiger partial charge on any atom is -0.508 e. The molecule has 0 aliphatic carbocycles. The minimum atomic E-state index is -0.328. The number of phenols is 1. The number of hydrogen-bond donors (Lipinski definition) is 2. The molecule has 0 fully saturated rings. The van der Waals surface area contributed by atoms with Gasteiger partial charge in [-0.15, -0.1) is 0 Å². The fourth-order valence-electron chi connectivity index (χ4n) is 2.02. The highest BCUT2D eigenvalue weighted by molar-refractivity contribution is 5.32. The van der Waals surface area contributed by atoms with Crippen LogP contribution in [-0.2, 0) is 13.0 Å². The van der Waals surface area contributed by atoms with E-state index in [1.807, 2.05) is 18.2 Å². The summed E-state index contributed by atoms with van der Waals surface area (Å²) in [7, 11) is 0. The van der Waals surface area contributed by atoms with Crippen molar-refractivity contribution in [2.75, 3.05) is 0 Å². The molecule has 0 aliphatic heterocycles. The molecule has 0 saturated heterocycles. The summed E-state index contributed by atoms with van der Waals surface area (Å²) in [6.07, 6.45) is 0.900. The van der Waals surface area contributed by atoms with Gasteiger partial charge in [-0.25, -0.2) is 4.39 Å². The molecule has 0 saturated carbocycles. The van der Waals surface area contributed by atoms with Crippen molar-refractivity contribution in [3.63, 3.8) is 0 Å². The lowest BCUT2D eigenvalue weighted by molar-refractivity contribution is 0.455. The molecular formula is C16H18FNO. The monoisotopic (exact) mass is 259 g/mol. The van der Waals surface area contributed by atoms with Gasteiger partial charge < -0.3 is 10.4 Å². The molecule has 2 N–H and O–H groups in total. The van der Waals surface area contributed by atoms with E-state index < -0.39 is 0 Å². The lowest BCUT2D eigenvalue weighted by atomic mass is 10.1. The van der Waals surface area contributed by atoms with Crippen LogP contribution in [0.3, 0.4) is 0 Å². The van der Waals surface area contributed by atoms with Gasteiger partial charge >= 0.3 is 0 Å². The third kappa shape index (κ3) is 4.07. The smallest absolute Gasteiger partial charge is 0.123 e. The molecule has 1 atom stereocenters. The Hall–Kier alpha value is -1.87. The van der Waals surface area contributed by atoms with E-state index in [1.165, 1.54) is 23.8 Å². The van der Waals surface area contributed by atoms with Gasteiger partial charge in [0.05, 0.1) is 0 Å². The quantitative estimate of drug-likeness (QED) is 0.864. The molecule has 0 radical (unpaired) electrons. The lowest BCUT2D eigenvalue weighted by Gasteiger charge is -2.14. The Morgan fingerprint density at radius 1 is 1.16 bits per heavy atom. The summed E-state index contributed by atoms with van der Waals surface area (Å²) < 4.78 is 13.1. The van der Waals surface area contributed by atoms with Gasteiger partial charge in [0.2, 0.25) is 0 Å². The Labute approximate surface area is 112 Å². The van der Waals surface area contributed by atoms with Crippen molar-refractivity contribution in [2.24, 2.45) is 0 Å². The molecule has 2 aromatic rings. The van der Waals surface area contributed by atoms with Crippen LogP contribution in [0.5, 0.6) is 5.75 Å². The second kappa shape index (κ2) is 6.34. The Morgan fingerprint density at radius 3 is 2.63 bits per heavy atom. The number of hydrogen-bond acceptors (Lipinski definition) is 2. The number of rotatable bonds is 5. The summed E-state index contributed by atoms with van der Waals surface area (Å²) in [4.78, 5) is 0. The van der Waals surface area contributed by atoms with Crippen LogP contribution < -0.4 is 5.32 Å². The third-order valence-corrected chi connectivity index (χ3v) is 3.07. The van der Waals surface area contributed by atoms with E-state index in [-0.39, 0.29) is 17.6 Å². The summed E-state index contributed by atoms with van der Waals surface area (Å²) in [5.41, 5.74) is 1.84. The first-order chi connectivity index (χ1) is 9.15. The third-order valence-electron chi connectivity index (χ3n) is 3.07. The highest BCUT2D eigenvalue weighted by Crippen LogP contribution is 2.17. The molecular weight excluding hydrogens is 241 g/mol. The van der Waals surface area contributed by atoms with Crippen molar-refractivity contribution in [2.45, 2.75) is 25.9 Å². The van der Waals surface area contributed by atoms with Gasteiger partial charge in [-0.3, -0.25) is 0 Å². The van der Waals surface area contributed by atoms with Crippen molar-refractivity contribution < 1.29 is 9.50 Å². The maximum Gasteiger partial charge on any atom is 0.123 e. The molecule has 0 bridgehead atoms. The zero-order valence-electron chi connectivity index (χ0n) is 10.9. The van der Waals surface area contributed by atoms with Crippen LogP contribution in [0, 0.1) is 5.82 Å². The molecule has 1 unspecified atom stereocenters. The van der Waals surface area contributed by atoms with Gasteiger partial charge in [0, 0.05) is 18.2 Å². The highest BCUT2D eigenvalue weighted by Gasteiger charge is 2.06. The molecule has 19 heavy (non-hydrogen) atoms. The van der Waals surface area contributed by atoms with E-state index in [0.717, 1.165) is 6.42 Å². The predicted octanol–water partition coefficient (Wildman–Crippen LogP) is 3.25. The van der Waals surface area contributed by atoms with E-state index in [1.54, 1.807) is 0 Å². The van der Waals surface area contributed by atoms with Gasteiger partial charge in [-0.1, -0.05) is 30.3 Å². The maximum atomic E-state index is 13.1. The Bertz CT molecular complexity index is 528. The fraction of sp³-hybridized carbons (Fsp3) is 0.250. The van der Waals surface area contributed by atoms with E-state index in [9.17, 15) is 9.50 Å². The van der Waals surface area contributed by atoms with Crippen LogP contribution in [0.4, 0.5) is 4.39 Å². The molecule has 0 amide bonds. The Kier molecular flexibility index (Phi) is 4.53. The standard InChI is InChI=1S/C16H18FNO/c1-12(9-13-5-3-2-4-6-13)18-11-14-10-15(17)7-8-16(14)19/h2-8,10,12,18-19H,9,11H2,1H3. The van der Waals surface area contributed by atoms with E-state index in [0.29, 0.717) is 12.1 Å². The summed E-state index contributed by atoms with van der Waals surface area (Å²) in [6, 6.07) is 14.4. The number of halogens is 1. The van der Waals surface area contributed by atoms with Crippen LogP contribution >= 0.6 is 0 Å². The van der Waals surface area contributed by atoms with Gasteiger partial charge in [0.15, 0.2) is 0 Å². The van der Waals surface area contributed by atoms with E-state index in [2.05, 4.69) is 24.4 Å². The van der Waals surface area contributed by atoms with Gasteiger partial charge in [0.1, 0.15) is 11.6 Å². The Balaban J connectivity index is 1.90. The molecule has 2 rings (SSSR count). The van der Waals surface area contributed by atoms with Gasteiger partial charge in [-0.2, -0.15) is 0 Å². The van der Waals surface area contributed by atoms with Crippen LogP contribution in [-0.4, -0.2) is 11.1 Å². The first-order valence-electron chi connectivity index (χ1n) is 6.40. The Morgan fingerprint density at radius 2 is 1.89 bits per heavy atom. The SMILES string of the molecule is CC(Cc1ccccc1)NCc1cc(F)ccc1O. The number of benzene rings is 2. The maximum absolute atomic E-state index is 13.1. The summed E-state index contributed by atoms with van der Waals surface area (Å²) in [5.74, 6) is -0.203. The normalized spacial score (nSPS) is 12.3. The van der Waals surface area contributed by atoms with Gasteiger partial charge in [0.25, 0.3) is 0 Å². The second-order valence-electron chi connectivity index (χ2n) is 4.74. The van der Waals surface area contributed by atoms with E-state index >= 15 is 0 Å². The topological polar surface area (TPSA) is 32.3 Å². The molecule has 0 spiro atoms. The molecule has 0 heterocycles. The second-order valence-corrected chi connectivity index (χ2v) is 4.74. The largest absolute Gasteiger partial charge is 0.508 e. The van der Waals surface area contributed by atoms with Crippen LogP contribution in [0.15, 0.2) is 48.5 Å². The summed E-state index contributed by atoms with van der Waals surface area (Å²) >= 11 is 0. The van der Waals surface area contributed by atoms with Crippen molar-refractivity contribution in [3.05, 3.63) is 65.5 Å². The molecule has 0 aromatic heterocycles. The van der Waals surface area contributed by atoms with Crippen LogP contribution in [0.25, 0.3) is 0 Å². The predicted molar refractivity (Wildman–Crippen MR) is 74.5 cm³/mol. The van der Waals surface area contributed by atoms with Crippen molar-refractivity contribution >= 4 is 0 Å². The van der Waals surface area contributed by atoms with Crippen molar-refractivity contribution in [1.29, 1.82) is 0 Å². The minimum absolute atomic E-state index is 0.126. The first-order valence-corrected chi connectivity index (χ1v) is 6.40. The molecule has 3 heteroatoms. The molecule has 2 nitrogen and oxygen atoms in total. The number of phenolic OH excluding ortho intramolecular Hbond substituents is 1. The van der Waals surface area contributed by atoms with Crippen LogP contribution in [0.1, 0.15) is 18.1 Å². The summed E-state index contributed by atoms with van der Waals surface area (Å²) in [5, 5.41) is 12.9. The zero-order valence-corrected chi connectivity index (χ0v) is 10.9. The molecule has 100 valence electrons. The zero-order chi connectivity index (χ0) is 13.7. The molecule has 0 aliphatic rings. The van der Waals surface area contributed by atoms with Crippen molar-refractivity contribution in [1.82, 2.24) is 5.32 Å². The first kappa shape index (κ1) is 13.6. The fourth-order valence-corrected chi connectivity index (χ4v) is 2.02. The van der Waals surface area contributed by atoms with Crippen molar-refractivity contribution in [3.8, 4) is 5.75 Å². The summed E-state index contributed by atoms with van der Waals surface area (Å²) in [6.45, 7) is 2.53. The number of nitrogens with one attached hydrogen (secondary N) is 1. The molecule has 2 aromatic carbocycles. The van der Waals surface area contributed by atoms with E-state index in [4.69, 9.17) is 0 Å². The van der Waals surface area contributed by atoms with Gasteiger partial charge in [-0.05, 0) is 37.1 Å². The average Bonchev–Trinajstić information content (AvgIpc) is 2.41. The van der Waals surface area contributed by atoms with Crippen LogP contribution in [0.2, 0.25) is 0 Å².